The van der Waals surface area contributed by atoms with Gasteiger partial charge in [0.2, 0.25) is 10.0 Å². The molecule has 0 atom stereocenters. The first-order valence-corrected chi connectivity index (χ1v) is 7.80. The second kappa shape index (κ2) is 4.98. The van der Waals surface area contributed by atoms with Crippen molar-refractivity contribution in [2.45, 2.75) is 27.7 Å². The summed E-state index contributed by atoms with van der Waals surface area (Å²) in [7, 11) is -3.31. The highest BCUT2D eigenvalue weighted by atomic mass is 79.9. The van der Waals surface area contributed by atoms with Gasteiger partial charge in [-0.25, -0.2) is 8.42 Å². The molecule has 0 aliphatic rings. The highest BCUT2D eigenvalue weighted by Gasteiger charge is 2.22. The number of benzene rings is 1. The molecule has 0 aliphatic heterocycles. The van der Waals surface area contributed by atoms with Gasteiger partial charge in [0.15, 0.2) is 0 Å². The van der Waals surface area contributed by atoms with Gasteiger partial charge in [-0.3, -0.25) is 4.72 Å². The van der Waals surface area contributed by atoms with E-state index in [2.05, 4.69) is 20.7 Å². The van der Waals surface area contributed by atoms with Gasteiger partial charge in [-0.15, -0.1) is 0 Å². The first-order valence-electron chi connectivity index (χ1n) is 5.36. The molecular weight excluding hydrogens is 302 g/mol. The molecule has 0 spiro atoms. The molecule has 0 heterocycles. The molecule has 0 unspecified atom stereocenters. The molecule has 3 nitrogen and oxygen atoms in total. The summed E-state index contributed by atoms with van der Waals surface area (Å²) in [5.41, 5.74) is 1.40. The molecule has 0 saturated carbocycles. The Hall–Kier alpha value is -0.550. The Morgan fingerprint density at radius 3 is 2.35 bits per heavy atom. The normalized spacial score (nSPS) is 12.5. The van der Waals surface area contributed by atoms with Crippen LogP contribution < -0.4 is 4.72 Å². The molecular formula is C12H18BrNO2S. The maximum Gasteiger partial charge on any atom is 0.233 e. The Morgan fingerprint density at radius 2 is 1.88 bits per heavy atom. The van der Waals surface area contributed by atoms with Gasteiger partial charge in [0.05, 0.1) is 11.4 Å². The molecule has 1 rings (SSSR count). The quantitative estimate of drug-likeness (QED) is 0.926. The number of halogens is 1. The van der Waals surface area contributed by atoms with Gasteiger partial charge in [-0.1, -0.05) is 26.8 Å². The van der Waals surface area contributed by atoms with Crippen molar-refractivity contribution in [3.05, 3.63) is 28.2 Å². The zero-order valence-electron chi connectivity index (χ0n) is 10.5. The maximum absolute atomic E-state index is 11.9. The monoisotopic (exact) mass is 319 g/mol. The van der Waals surface area contributed by atoms with E-state index in [4.69, 9.17) is 0 Å². The minimum Gasteiger partial charge on any atom is -0.282 e. The fraction of sp³-hybridized carbons (Fsp3) is 0.500. The molecule has 0 saturated heterocycles. The predicted molar refractivity (Wildman–Crippen MR) is 75.7 cm³/mol. The lowest BCUT2D eigenvalue weighted by Crippen LogP contribution is -2.26. The molecule has 96 valence electrons. The van der Waals surface area contributed by atoms with Gasteiger partial charge in [0, 0.05) is 4.47 Å². The minimum absolute atomic E-state index is 0.0975. The van der Waals surface area contributed by atoms with Gasteiger partial charge in [-0.05, 0) is 46.0 Å². The van der Waals surface area contributed by atoms with Crippen molar-refractivity contribution < 1.29 is 8.42 Å². The van der Waals surface area contributed by atoms with E-state index >= 15 is 0 Å². The number of nitrogens with one attached hydrogen (secondary N) is 1. The minimum atomic E-state index is -3.31. The Bertz CT molecular complexity index is 504. The van der Waals surface area contributed by atoms with E-state index < -0.39 is 10.0 Å². The summed E-state index contributed by atoms with van der Waals surface area (Å²) in [6, 6.07) is 5.52. The van der Waals surface area contributed by atoms with Gasteiger partial charge in [-0.2, -0.15) is 0 Å². The summed E-state index contributed by atoms with van der Waals surface area (Å²) in [4.78, 5) is 0. The van der Waals surface area contributed by atoms with Crippen molar-refractivity contribution in [2.75, 3.05) is 10.5 Å². The average Bonchev–Trinajstić information content (AvgIpc) is 2.05. The molecule has 0 aliphatic carbocycles. The summed E-state index contributed by atoms with van der Waals surface area (Å²) in [6.07, 6.45) is 0. The van der Waals surface area contributed by atoms with E-state index in [1.807, 2.05) is 39.8 Å². The van der Waals surface area contributed by atoms with E-state index in [9.17, 15) is 8.42 Å². The molecule has 0 radical (unpaired) electrons. The Morgan fingerprint density at radius 1 is 1.29 bits per heavy atom. The molecule has 1 aromatic carbocycles. The first kappa shape index (κ1) is 14.5. The fourth-order valence-electron chi connectivity index (χ4n) is 1.48. The molecule has 0 amide bonds. The zero-order chi connectivity index (χ0) is 13.3. The summed E-state index contributed by atoms with van der Waals surface area (Å²) >= 11 is 3.35. The molecule has 1 N–H and O–H groups in total. The third-order valence-electron chi connectivity index (χ3n) is 2.01. The van der Waals surface area contributed by atoms with Crippen LogP contribution in [0.1, 0.15) is 26.3 Å². The van der Waals surface area contributed by atoms with Gasteiger partial charge >= 0.3 is 0 Å². The van der Waals surface area contributed by atoms with E-state index in [0.717, 1.165) is 10.0 Å². The van der Waals surface area contributed by atoms with Gasteiger partial charge < -0.3 is 0 Å². The smallest absolute Gasteiger partial charge is 0.233 e. The van der Waals surface area contributed by atoms with E-state index in [0.29, 0.717) is 5.69 Å². The van der Waals surface area contributed by atoms with Crippen molar-refractivity contribution in [1.82, 2.24) is 0 Å². The Balaban J connectivity index is 2.91. The van der Waals surface area contributed by atoms with Gasteiger partial charge in [0.25, 0.3) is 0 Å². The van der Waals surface area contributed by atoms with E-state index in [1.165, 1.54) is 0 Å². The van der Waals surface area contributed by atoms with Crippen molar-refractivity contribution >= 4 is 31.6 Å². The summed E-state index contributed by atoms with van der Waals surface area (Å²) in [5, 5.41) is 0. The van der Waals surface area contributed by atoms with Crippen molar-refractivity contribution in [2.24, 2.45) is 5.41 Å². The predicted octanol–water partition coefficient (Wildman–Crippen LogP) is 3.55. The number of sulfonamides is 1. The molecule has 5 heteroatoms. The number of rotatable bonds is 3. The van der Waals surface area contributed by atoms with Crippen LogP contribution in [0.3, 0.4) is 0 Å². The highest BCUT2D eigenvalue weighted by Crippen LogP contribution is 2.26. The highest BCUT2D eigenvalue weighted by molar-refractivity contribution is 9.10. The number of anilines is 1. The second-order valence-corrected chi connectivity index (χ2v) is 7.98. The molecule has 0 bridgehead atoms. The molecule has 0 fully saturated rings. The van der Waals surface area contributed by atoms with Crippen LogP contribution in [0.15, 0.2) is 22.7 Å². The third kappa shape index (κ3) is 5.08. The molecule has 17 heavy (non-hydrogen) atoms. The van der Waals surface area contributed by atoms with Crippen LogP contribution in [0.25, 0.3) is 0 Å². The number of hydrogen-bond acceptors (Lipinski definition) is 2. The average molecular weight is 320 g/mol. The zero-order valence-corrected chi connectivity index (χ0v) is 12.9. The van der Waals surface area contributed by atoms with Crippen molar-refractivity contribution in [1.29, 1.82) is 0 Å². The van der Waals surface area contributed by atoms with Crippen LogP contribution in [0.4, 0.5) is 5.69 Å². The SMILES string of the molecule is Cc1ccc(NS(=O)(=O)CC(C)(C)C)c(Br)c1. The second-order valence-electron chi connectivity index (χ2n) is 5.41. The van der Waals surface area contributed by atoms with Crippen molar-refractivity contribution in [3.8, 4) is 0 Å². The lowest BCUT2D eigenvalue weighted by Gasteiger charge is -2.19. The van der Waals surface area contributed by atoms with Crippen molar-refractivity contribution in [3.63, 3.8) is 0 Å². The maximum atomic E-state index is 11.9. The number of hydrogen-bond donors (Lipinski definition) is 1. The van der Waals surface area contributed by atoms with Crippen LogP contribution in [-0.2, 0) is 10.0 Å². The van der Waals surface area contributed by atoms with E-state index in [1.54, 1.807) is 6.07 Å². The van der Waals surface area contributed by atoms with Crippen LogP contribution in [0.2, 0.25) is 0 Å². The number of aryl methyl sites for hydroxylation is 1. The fourth-order valence-corrected chi connectivity index (χ4v) is 3.93. The lowest BCUT2D eigenvalue weighted by atomic mass is 10.0. The van der Waals surface area contributed by atoms with E-state index in [-0.39, 0.29) is 11.2 Å². The topological polar surface area (TPSA) is 46.2 Å². The first-order chi connectivity index (χ1) is 7.59. The lowest BCUT2D eigenvalue weighted by molar-refractivity contribution is 0.463. The standard InChI is InChI=1S/C12H18BrNO2S/c1-9-5-6-11(10(13)7-9)14-17(15,16)8-12(2,3)4/h5-7,14H,8H2,1-4H3. The largest absolute Gasteiger partial charge is 0.282 e. The Labute approximate surface area is 112 Å². The summed E-state index contributed by atoms with van der Waals surface area (Å²) in [5.74, 6) is 0.0975. The molecule has 0 aromatic heterocycles. The van der Waals surface area contributed by atoms with Crippen LogP contribution >= 0.6 is 15.9 Å². The Kier molecular flexibility index (Phi) is 4.25. The van der Waals surface area contributed by atoms with Crippen LogP contribution in [0, 0.1) is 12.3 Å². The molecule has 1 aromatic rings. The van der Waals surface area contributed by atoms with Gasteiger partial charge in [0.1, 0.15) is 0 Å². The van der Waals surface area contributed by atoms with Crippen LogP contribution in [0.5, 0.6) is 0 Å². The third-order valence-corrected chi connectivity index (χ3v) is 4.45. The van der Waals surface area contributed by atoms with Crippen LogP contribution in [-0.4, -0.2) is 14.2 Å². The summed E-state index contributed by atoms with van der Waals surface area (Å²) in [6.45, 7) is 7.65. The summed E-state index contributed by atoms with van der Waals surface area (Å²) < 4.78 is 27.2.